The lowest BCUT2D eigenvalue weighted by molar-refractivity contribution is -0.384. The van der Waals surface area contributed by atoms with Gasteiger partial charge < -0.3 is 4.42 Å². The minimum absolute atomic E-state index is 0.0808. The third kappa shape index (κ3) is 3.98. The predicted molar refractivity (Wildman–Crippen MR) is 92.2 cm³/mol. The maximum absolute atomic E-state index is 12.2. The lowest BCUT2D eigenvalue weighted by atomic mass is 10.2. The van der Waals surface area contributed by atoms with Crippen molar-refractivity contribution in [2.75, 3.05) is 0 Å². The minimum Gasteiger partial charge on any atom is -0.412 e. The number of sulfonamides is 1. The molecule has 138 valence electrons. The van der Waals surface area contributed by atoms with Crippen LogP contribution in [0.25, 0.3) is 11.5 Å². The number of nitrogens with one attached hydrogen (secondary N) is 1. The normalized spacial score (nSPS) is 11.1. The predicted octanol–water partition coefficient (Wildman–Crippen LogP) is 2.07. The summed E-state index contributed by atoms with van der Waals surface area (Å²) in [6, 6.07) is 11.1. The summed E-state index contributed by atoms with van der Waals surface area (Å²) in [5, 5.41) is 17.8. The van der Waals surface area contributed by atoms with Gasteiger partial charge in [-0.3, -0.25) is 14.9 Å². The Bertz CT molecular complexity index is 1100. The average molecular weight is 388 g/mol. The van der Waals surface area contributed by atoms with Gasteiger partial charge in [0, 0.05) is 17.7 Å². The standard InChI is InChI=1S/C16H12N4O6S/c1-10-2-8-13(9-3-10)27(24,25)19-14(21)16-18-17-15(26-16)11-4-6-12(7-5-11)20(22)23/h2-9H,1H3,(H,19,21). The van der Waals surface area contributed by atoms with Crippen LogP contribution in [0, 0.1) is 17.0 Å². The summed E-state index contributed by atoms with van der Waals surface area (Å²) >= 11 is 0. The second-order valence-corrected chi connectivity index (χ2v) is 7.15. The smallest absolute Gasteiger partial charge is 0.322 e. The molecular weight excluding hydrogens is 376 g/mol. The zero-order chi connectivity index (χ0) is 19.6. The molecule has 0 aliphatic carbocycles. The van der Waals surface area contributed by atoms with Crippen molar-refractivity contribution in [2.45, 2.75) is 11.8 Å². The molecule has 0 unspecified atom stereocenters. The van der Waals surface area contributed by atoms with Crippen molar-refractivity contribution in [1.29, 1.82) is 0 Å². The average Bonchev–Trinajstić information content (AvgIpc) is 3.12. The van der Waals surface area contributed by atoms with E-state index in [1.165, 1.54) is 36.4 Å². The second kappa shape index (κ2) is 6.96. The fraction of sp³-hybridized carbons (Fsp3) is 0.0625. The van der Waals surface area contributed by atoms with Gasteiger partial charge in [0.2, 0.25) is 5.89 Å². The quantitative estimate of drug-likeness (QED) is 0.516. The molecule has 10 nitrogen and oxygen atoms in total. The summed E-state index contributed by atoms with van der Waals surface area (Å²) in [5.74, 6) is -1.72. The second-order valence-electron chi connectivity index (χ2n) is 5.46. The Hall–Kier alpha value is -3.60. The van der Waals surface area contributed by atoms with Gasteiger partial charge in [-0.1, -0.05) is 17.7 Å². The van der Waals surface area contributed by atoms with Crippen molar-refractivity contribution in [2.24, 2.45) is 0 Å². The van der Waals surface area contributed by atoms with Crippen molar-refractivity contribution >= 4 is 21.6 Å². The zero-order valence-electron chi connectivity index (χ0n) is 13.8. The summed E-state index contributed by atoms with van der Waals surface area (Å²) in [5.41, 5.74) is 1.08. The SMILES string of the molecule is Cc1ccc(S(=O)(=O)NC(=O)c2nnc(-c3ccc([N+](=O)[O-])cc3)o2)cc1. The number of amides is 1. The molecule has 0 spiro atoms. The summed E-state index contributed by atoms with van der Waals surface area (Å²) in [6.45, 7) is 1.80. The van der Waals surface area contributed by atoms with Gasteiger partial charge in [-0.2, -0.15) is 0 Å². The number of nitro groups is 1. The first kappa shape index (κ1) is 18.2. The van der Waals surface area contributed by atoms with E-state index in [0.29, 0.717) is 5.56 Å². The van der Waals surface area contributed by atoms with Gasteiger partial charge in [0.25, 0.3) is 15.7 Å². The maximum atomic E-state index is 12.2. The number of nitro benzene ring substituents is 1. The molecule has 3 rings (SSSR count). The minimum atomic E-state index is -4.10. The van der Waals surface area contributed by atoms with Crippen LogP contribution < -0.4 is 4.72 Å². The number of benzene rings is 2. The van der Waals surface area contributed by atoms with E-state index in [1.807, 2.05) is 4.72 Å². The van der Waals surface area contributed by atoms with Crippen LogP contribution in [0.3, 0.4) is 0 Å². The molecule has 2 aromatic carbocycles. The fourth-order valence-corrected chi connectivity index (χ4v) is 3.04. The van der Waals surface area contributed by atoms with Gasteiger partial charge in [-0.25, -0.2) is 13.1 Å². The number of hydrogen-bond donors (Lipinski definition) is 1. The molecule has 1 N–H and O–H groups in total. The number of non-ortho nitro benzene ring substituents is 1. The molecule has 1 amide bonds. The van der Waals surface area contributed by atoms with Crippen LogP contribution in [0.15, 0.2) is 57.8 Å². The number of hydrogen-bond acceptors (Lipinski definition) is 8. The first-order valence-corrected chi connectivity index (χ1v) is 8.97. The van der Waals surface area contributed by atoms with E-state index in [1.54, 1.807) is 19.1 Å². The molecule has 11 heteroatoms. The molecular formula is C16H12N4O6S. The summed E-state index contributed by atoms with van der Waals surface area (Å²) in [6.07, 6.45) is 0. The van der Waals surface area contributed by atoms with Crippen LogP contribution in [-0.2, 0) is 10.0 Å². The van der Waals surface area contributed by atoms with Crippen LogP contribution in [0.4, 0.5) is 5.69 Å². The van der Waals surface area contributed by atoms with E-state index < -0.39 is 26.7 Å². The molecule has 0 radical (unpaired) electrons. The van der Waals surface area contributed by atoms with Gasteiger partial charge >= 0.3 is 11.8 Å². The number of aryl methyl sites for hydroxylation is 1. The van der Waals surface area contributed by atoms with E-state index in [2.05, 4.69) is 10.2 Å². The lowest BCUT2D eigenvalue weighted by Crippen LogP contribution is -2.30. The first-order chi connectivity index (χ1) is 12.8. The van der Waals surface area contributed by atoms with E-state index in [0.717, 1.165) is 5.56 Å². The lowest BCUT2D eigenvalue weighted by Gasteiger charge is -2.04. The van der Waals surface area contributed by atoms with Crippen molar-refractivity contribution in [1.82, 2.24) is 14.9 Å². The Morgan fingerprint density at radius 2 is 1.70 bits per heavy atom. The van der Waals surface area contributed by atoms with Gasteiger partial charge in [-0.05, 0) is 31.2 Å². The molecule has 1 heterocycles. The number of nitrogens with zero attached hydrogens (tertiary/aromatic N) is 3. The molecule has 0 atom stereocenters. The summed E-state index contributed by atoms with van der Waals surface area (Å²) in [4.78, 5) is 22.1. The van der Waals surface area contributed by atoms with Gasteiger partial charge in [0.15, 0.2) is 0 Å². The topological polar surface area (TPSA) is 145 Å². The summed E-state index contributed by atoms with van der Waals surface area (Å²) < 4.78 is 31.4. The van der Waals surface area contributed by atoms with Crippen LogP contribution in [0.1, 0.15) is 16.2 Å². The first-order valence-electron chi connectivity index (χ1n) is 7.48. The van der Waals surface area contributed by atoms with Crippen molar-refractivity contribution in [3.8, 4) is 11.5 Å². The van der Waals surface area contributed by atoms with Crippen molar-refractivity contribution in [3.05, 3.63) is 70.1 Å². The molecule has 0 saturated heterocycles. The van der Waals surface area contributed by atoms with E-state index in [-0.39, 0.29) is 16.5 Å². The van der Waals surface area contributed by atoms with Crippen LogP contribution >= 0.6 is 0 Å². The van der Waals surface area contributed by atoms with Crippen molar-refractivity contribution in [3.63, 3.8) is 0 Å². The maximum Gasteiger partial charge on any atom is 0.322 e. The Morgan fingerprint density at radius 1 is 1.07 bits per heavy atom. The van der Waals surface area contributed by atoms with Crippen LogP contribution in [0.2, 0.25) is 0 Å². The third-order valence-electron chi connectivity index (χ3n) is 3.50. The fourth-order valence-electron chi connectivity index (χ4n) is 2.10. The molecule has 0 saturated carbocycles. The molecule has 27 heavy (non-hydrogen) atoms. The van der Waals surface area contributed by atoms with E-state index >= 15 is 0 Å². The number of carbonyl (C=O) groups excluding carboxylic acids is 1. The molecule has 0 aliphatic heterocycles. The highest BCUT2D eigenvalue weighted by molar-refractivity contribution is 7.90. The monoisotopic (exact) mass is 388 g/mol. The van der Waals surface area contributed by atoms with E-state index in [4.69, 9.17) is 4.42 Å². The Morgan fingerprint density at radius 3 is 2.30 bits per heavy atom. The van der Waals surface area contributed by atoms with Gasteiger partial charge in [0.05, 0.1) is 9.82 Å². The third-order valence-corrected chi connectivity index (χ3v) is 4.85. The van der Waals surface area contributed by atoms with Gasteiger partial charge in [0.1, 0.15) is 0 Å². The molecule has 0 fully saturated rings. The molecule has 1 aromatic heterocycles. The largest absolute Gasteiger partial charge is 0.412 e. The van der Waals surface area contributed by atoms with E-state index in [9.17, 15) is 23.3 Å². The van der Waals surface area contributed by atoms with Crippen LogP contribution in [0.5, 0.6) is 0 Å². The van der Waals surface area contributed by atoms with Crippen molar-refractivity contribution < 1.29 is 22.6 Å². The number of carbonyl (C=O) groups is 1. The Labute approximate surface area is 153 Å². The molecule has 3 aromatic rings. The highest BCUT2D eigenvalue weighted by Crippen LogP contribution is 2.21. The number of aromatic nitrogens is 2. The van der Waals surface area contributed by atoms with Gasteiger partial charge in [-0.15, -0.1) is 10.2 Å². The summed E-state index contributed by atoms with van der Waals surface area (Å²) in [7, 11) is -4.10. The van der Waals surface area contributed by atoms with Crippen LogP contribution in [-0.4, -0.2) is 29.4 Å². The molecule has 0 bridgehead atoms. The zero-order valence-corrected chi connectivity index (χ0v) is 14.6. The number of rotatable bonds is 5. The highest BCUT2D eigenvalue weighted by atomic mass is 32.2. The Balaban J connectivity index is 1.78. The Kier molecular flexibility index (Phi) is 4.69. The highest BCUT2D eigenvalue weighted by Gasteiger charge is 2.23. The molecule has 0 aliphatic rings.